The van der Waals surface area contributed by atoms with Crippen molar-refractivity contribution in [2.75, 3.05) is 24.6 Å². The van der Waals surface area contributed by atoms with E-state index in [-0.39, 0.29) is 17.0 Å². The van der Waals surface area contributed by atoms with E-state index < -0.39 is 15.9 Å². The molecule has 1 rings (SSSR count). The molecule has 0 amide bonds. The van der Waals surface area contributed by atoms with Crippen molar-refractivity contribution in [2.24, 2.45) is 0 Å². The lowest BCUT2D eigenvalue weighted by Gasteiger charge is -2.42. The molecule has 0 radical (unpaired) electrons. The molecule has 1 heterocycles. The summed E-state index contributed by atoms with van der Waals surface area (Å²) in [5, 5.41) is 10.5. The first-order chi connectivity index (χ1) is 8.85. The van der Waals surface area contributed by atoms with Crippen molar-refractivity contribution in [3.8, 4) is 0 Å². The van der Waals surface area contributed by atoms with Crippen LogP contribution in [0, 0.1) is 0 Å². The Morgan fingerprint density at radius 1 is 1.26 bits per heavy atom. The lowest BCUT2D eigenvalue weighted by molar-refractivity contribution is -0.0168. The van der Waals surface area contributed by atoms with Gasteiger partial charge in [-0.25, -0.2) is 8.42 Å². The summed E-state index contributed by atoms with van der Waals surface area (Å²) in [6.45, 7) is 7.98. The molecule has 0 aromatic rings. The van der Waals surface area contributed by atoms with Crippen LogP contribution in [-0.2, 0) is 9.84 Å². The van der Waals surface area contributed by atoms with Gasteiger partial charge in [0.2, 0.25) is 0 Å². The van der Waals surface area contributed by atoms with Crippen LogP contribution < -0.4 is 0 Å². The summed E-state index contributed by atoms with van der Waals surface area (Å²) < 4.78 is 22.9. The van der Waals surface area contributed by atoms with Gasteiger partial charge in [0.25, 0.3) is 0 Å². The first-order valence-corrected chi connectivity index (χ1v) is 9.31. The topological polar surface area (TPSA) is 57.6 Å². The molecule has 1 aliphatic rings. The zero-order valence-electron chi connectivity index (χ0n) is 12.6. The smallest absolute Gasteiger partial charge is 0.150 e. The molecule has 0 aromatic heterocycles. The average Bonchev–Trinajstić information content (AvgIpc) is 2.91. The Morgan fingerprint density at radius 3 is 2.32 bits per heavy atom. The third-order valence-electron chi connectivity index (χ3n) is 4.63. The van der Waals surface area contributed by atoms with Gasteiger partial charge in [-0.15, -0.1) is 0 Å². The van der Waals surface area contributed by atoms with Gasteiger partial charge >= 0.3 is 0 Å². The van der Waals surface area contributed by atoms with E-state index in [1.54, 1.807) is 6.92 Å². The number of aliphatic hydroxyl groups excluding tert-OH is 1. The lowest BCUT2D eigenvalue weighted by Crippen LogP contribution is -2.53. The fourth-order valence-electron chi connectivity index (χ4n) is 2.85. The highest BCUT2D eigenvalue weighted by atomic mass is 32.2. The summed E-state index contributed by atoms with van der Waals surface area (Å²) in [4.78, 5) is 2.37. The van der Waals surface area contributed by atoms with E-state index in [9.17, 15) is 13.5 Å². The van der Waals surface area contributed by atoms with E-state index in [4.69, 9.17) is 0 Å². The largest absolute Gasteiger partial charge is 0.391 e. The van der Waals surface area contributed by atoms with Gasteiger partial charge in [0.05, 0.1) is 11.9 Å². The summed E-state index contributed by atoms with van der Waals surface area (Å²) in [5.41, 5.74) is -0.202. The van der Waals surface area contributed by atoms with E-state index in [1.807, 2.05) is 0 Å². The second kappa shape index (κ2) is 7.04. The van der Waals surface area contributed by atoms with Crippen molar-refractivity contribution >= 4 is 9.84 Å². The highest BCUT2D eigenvalue weighted by Crippen LogP contribution is 2.30. The maximum atomic E-state index is 11.5. The third-order valence-corrected chi connectivity index (χ3v) is 6.43. The van der Waals surface area contributed by atoms with E-state index in [0.29, 0.717) is 12.8 Å². The molecular formula is C14H29NO3S. The molecule has 1 saturated heterocycles. The van der Waals surface area contributed by atoms with Gasteiger partial charge in [0, 0.05) is 11.3 Å². The molecule has 0 spiro atoms. The average molecular weight is 291 g/mol. The van der Waals surface area contributed by atoms with E-state index in [2.05, 4.69) is 18.7 Å². The van der Waals surface area contributed by atoms with Crippen molar-refractivity contribution < 1.29 is 13.5 Å². The number of aliphatic hydroxyl groups is 1. The number of sulfone groups is 1. The van der Waals surface area contributed by atoms with Crippen molar-refractivity contribution in [3.05, 3.63) is 0 Å². The maximum absolute atomic E-state index is 11.5. The van der Waals surface area contributed by atoms with Crippen molar-refractivity contribution in [2.45, 2.75) is 64.5 Å². The monoisotopic (exact) mass is 291 g/mol. The summed E-state index contributed by atoms with van der Waals surface area (Å²) in [5.74, 6) is 0.390. The predicted octanol–water partition coefficient (Wildman–Crippen LogP) is 1.83. The standard InChI is InChI=1S/C14H29NO3S/c1-4-14(3,15-10-6-7-11-15)13(16)9-8-12-19(17,18)5-2/h13,16H,4-12H2,1-3H3. The maximum Gasteiger partial charge on any atom is 0.150 e. The van der Waals surface area contributed by atoms with Gasteiger partial charge in [0.1, 0.15) is 9.84 Å². The molecule has 0 aromatic carbocycles. The van der Waals surface area contributed by atoms with Gasteiger partial charge in [-0.3, -0.25) is 4.90 Å². The first kappa shape index (κ1) is 16.9. The van der Waals surface area contributed by atoms with Gasteiger partial charge in [0.15, 0.2) is 0 Å². The Labute approximate surface area is 118 Å². The highest BCUT2D eigenvalue weighted by Gasteiger charge is 2.38. The molecule has 5 heteroatoms. The van der Waals surface area contributed by atoms with Crippen LogP contribution >= 0.6 is 0 Å². The summed E-state index contributed by atoms with van der Waals surface area (Å²) in [7, 11) is -2.91. The Bertz CT molecular complexity index is 363. The van der Waals surface area contributed by atoms with Gasteiger partial charge in [-0.05, 0) is 52.1 Å². The minimum atomic E-state index is -2.91. The van der Waals surface area contributed by atoms with Crippen LogP contribution in [-0.4, -0.2) is 54.7 Å². The van der Waals surface area contributed by atoms with Gasteiger partial charge in [-0.1, -0.05) is 13.8 Å². The SMILES string of the molecule is CCC(C)(C(O)CCCS(=O)(=O)CC)N1CCCC1. The van der Waals surface area contributed by atoms with Gasteiger partial charge < -0.3 is 5.11 Å². The molecule has 1 fully saturated rings. The zero-order valence-corrected chi connectivity index (χ0v) is 13.4. The van der Waals surface area contributed by atoms with Crippen LogP contribution in [0.5, 0.6) is 0 Å². The van der Waals surface area contributed by atoms with Crippen LogP contribution in [0.4, 0.5) is 0 Å². The molecule has 2 unspecified atom stereocenters. The Kier molecular flexibility index (Phi) is 6.27. The number of hydrogen-bond donors (Lipinski definition) is 1. The second-order valence-electron chi connectivity index (χ2n) is 5.80. The molecule has 2 atom stereocenters. The van der Waals surface area contributed by atoms with Crippen molar-refractivity contribution in [3.63, 3.8) is 0 Å². The molecule has 1 aliphatic heterocycles. The summed E-state index contributed by atoms with van der Waals surface area (Å²) >= 11 is 0. The number of likely N-dealkylation sites (tertiary alicyclic amines) is 1. The molecule has 0 saturated carbocycles. The minimum absolute atomic E-state index is 0.195. The zero-order chi connectivity index (χ0) is 14.5. The van der Waals surface area contributed by atoms with Crippen LogP contribution in [0.1, 0.15) is 52.9 Å². The molecule has 0 aliphatic carbocycles. The Hall–Kier alpha value is -0.130. The first-order valence-electron chi connectivity index (χ1n) is 7.49. The van der Waals surface area contributed by atoms with Crippen molar-refractivity contribution in [1.29, 1.82) is 0 Å². The predicted molar refractivity (Wildman–Crippen MR) is 79.1 cm³/mol. The van der Waals surface area contributed by atoms with Crippen LogP contribution in [0.2, 0.25) is 0 Å². The van der Waals surface area contributed by atoms with Crippen LogP contribution in [0.3, 0.4) is 0 Å². The lowest BCUT2D eigenvalue weighted by atomic mass is 9.87. The highest BCUT2D eigenvalue weighted by molar-refractivity contribution is 7.91. The summed E-state index contributed by atoms with van der Waals surface area (Å²) in [6.07, 6.45) is 3.98. The molecule has 114 valence electrons. The second-order valence-corrected chi connectivity index (χ2v) is 8.27. The Morgan fingerprint density at radius 2 is 1.84 bits per heavy atom. The minimum Gasteiger partial charge on any atom is -0.391 e. The molecule has 0 bridgehead atoms. The normalized spacial score (nSPS) is 22.3. The summed E-state index contributed by atoms with van der Waals surface area (Å²) in [6, 6.07) is 0. The van der Waals surface area contributed by atoms with Crippen LogP contribution in [0.25, 0.3) is 0 Å². The Balaban J connectivity index is 2.52. The van der Waals surface area contributed by atoms with E-state index in [1.165, 1.54) is 12.8 Å². The van der Waals surface area contributed by atoms with Crippen LogP contribution in [0.15, 0.2) is 0 Å². The molecule has 1 N–H and O–H groups in total. The fraction of sp³-hybridized carbons (Fsp3) is 1.00. The van der Waals surface area contributed by atoms with Gasteiger partial charge in [-0.2, -0.15) is 0 Å². The van der Waals surface area contributed by atoms with E-state index in [0.717, 1.165) is 19.5 Å². The number of nitrogens with zero attached hydrogens (tertiary/aromatic N) is 1. The molecule has 4 nitrogen and oxygen atoms in total. The molecular weight excluding hydrogens is 262 g/mol. The quantitative estimate of drug-likeness (QED) is 0.741. The van der Waals surface area contributed by atoms with Crippen molar-refractivity contribution in [1.82, 2.24) is 4.90 Å². The number of hydrogen-bond acceptors (Lipinski definition) is 4. The molecule has 19 heavy (non-hydrogen) atoms. The third kappa shape index (κ3) is 4.43. The number of rotatable bonds is 8. The van der Waals surface area contributed by atoms with E-state index >= 15 is 0 Å². The fourth-order valence-corrected chi connectivity index (χ4v) is 3.74.